The van der Waals surface area contributed by atoms with Gasteiger partial charge in [0, 0.05) is 6.54 Å². The van der Waals surface area contributed by atoms with Crippen LogP contribution in [0.5, 0.6) is 0 Å². The van der Waals surface area contributed by atoms with Gasteiger partial charge in [-0.05, 0) is 16.7 Å². The van der Waals surface area contributed by atoms with Crippen molar-refractivity contribution in [1.29, 1.82) is 0 Å². The van der Waals surface area contributed by atoms with E-state index in [1.165, 1.54) is 4.90 Å². The molecule has 5 rings (SSSR count). The molecule has 0 unspecified atom stereocenters. The van der Waals surface area contributed by atoms with Crippen LogP contribution in [0.2, 0.25) is 0 Å². The summed E-state index contributed by atoms with van der Waals surface area (Å²) in [7, 11) is 0. The second-order valence-electron chi connectivity index (χ2n) is 8.85. The van der Waals surface area contributed by atoms with E-state index in [1.54, 1.807) is 0 Å². The number of esters is 1. The molecule has 7 nitrogen and oxygen atoms in total. The molecule has 0 bridgehead atoms. The number of benzene rings is 3. The zero-order chi connectivity index (χ0) is 25.1. The number of hydrogen-bond donors (Lipinski definition) is 2. The van der Waals surface area contributed by atoms with E-state index >= 15 is 0 Å². The third-order valence-electron chi connectivity index (χ3n) is 6.36. The van der Waals surface area contributed by atoms with Crippen molar-refractivity contribution in [1.82, 2.24) is 10.2 Å². The maximum Gasteiger partial charge on any atom is 0.322 e. The number of hydrogen-bond acceptors (Lipinski definition) is 6. The molecule has 0 aliphatic carbocycles. The number of carbonyl (C=O) groups is 3. The highest BCUT2D eigenvalue weighted by Gasteiger charge is 2.55. The summed E-state index contributed by atoms with van der Waals surface area (Å²) < 4.78 is 5.95. The third kappa shape index (κ3) is 5.01. The fourth-order valence-electron chi connectivity index (χ4n) is 4.53. The standard InChI is InChI=1S/C28H26N2O5S/c31-21-17-30-26(33)23(29-22(32)16-18-10-4-1-5-11-18)27(30)36-25(21)28(34)35-24(19-12-6-2-7-13-19)20-14-8-3-9-15-20/h1-15,21,23-25,27,31H,16-17H2,(H,29,32)/t21-,23+,25+,27-/m0/s1. The zero-order valence-corrected chi connectivity index (χ0v) is 20.2. The van der Waals surface area contributed by atoms with Crippen LogP contribution in [0.15, 0.2) is 91.0 Å². The topological polar surface area (TPSA) is 95.9 Å². The number of nitrogens with zero attached hydrogens (tertiary/aromatic N) is 1. The Kier molecular flexibility index (Phi) is 7.06. The molecule has 2 aliphatic heterocycles. The van der Waals surface area contributed by atoms with E-state index in [0.29, 0.717) is 0 Å². The van der Waals surface area contributed by atoms with Gasteiger partial charge in [0.2, 0.25) is 11.8 Å². The fraction of sp³-hybridized carbons (Fsp3) is 0.250. The van der Waals surface area contributed by atoms with Crippen molar-refractivity contribution in [2.45, 2.75) is 35.3 Å². The lowest BCUT2D eigenvalue weighted by Crippen LogP contribution is -2.73. The summed E-state index contributed by atoms with van der Waals surface area (Å²) in [6, 6.07) is 27.4. The minimum Gasteiger partial charge on any atom is -0.452 e. The number of aliphatic hydroxyl groups is 1. The van der Waals surface area contributed by atoms with Crippen LogP contribution in [-0.4, -0.2) is 57.1 Å². The van der Waals surface area contributed by atoms with Gasteiger partial charge in [-0.15, -0.1) is 11.8 Å². The van der Waals surface area contributed by atoms with Crippen LogP contribution in [-0.2, 0) is 25.5 Å². The number of aliphatic hydroxyl groups excluding tert-OH is 1. The number of ether oxygens (including phenoxy) is 1. The molecule has 2 N–H and O–H groups in total. The summed E-state index contributed by atoms with van der Waals surface area (Å²) in [5, 5.41) is 12.2. The van der Waals surface area contributed by atoms with Crippen molar-refractivity contribution in [2.75, 3.05) is 6.54 Å². The molecule has 0 aromatic heterocycles. The summed E-state index contributed by atoms with van der Waals surface area (Å²) in [6.45, 7) is 0.0165. The lowest BCUT2D eigenvalue weighted by molar-refractivity contribution is -0.156. The van der Waals surface area contributed by atoms with Crippen molar-refractivity contribution in [2.24, 2.45) is 0 Å². The van der Waals surface area contributed by atoms with E-state index in [1.807, 2.05) is 91.0 Å². The van der Waals surface area contributed by atoms with Gasteiger partial charge >= 0.3 is 5.97 Å². The van der Waals surface area contributed by atoms with Crippen LogP contribution < -0.4 is 5.32 Å². The van der Waals surface area contributed by atoms with Crippen LogP contribution in [0.3, 0.4) is 0 Å². The maximum atomic E-state index is 13.3. The first-order chi connectivity index (χ1) is 17.5. The highest BCUT2D eigenvalue weighted by Crippen LogP contribution is 2.40. The molecule has 4 atom stereocenters. The predicted molar refractivity (Wildman–Crippen MR) is 136 cm³/mol. The van der Waals surface area contributed by atoms with E-state index in [4.69, 9.17) is 4.74 Å². The number of β-lactam (4-membered cyclic amide) rings is 1. The first kappa shape index (κ1) is 24.1. The van der Waals surface area contributed by atoms with E-state index in [2.05, 4.69) is 5.32 Å². The van der Waals surface area contributed by atoms with Crippen LogP contribution >= 0.6 is 11.8 Å². The van der Waals surface area contributed by atoms with Gasteiger partial charge in [0.15, 0.2) is 6.10 Å². The molecular formula is C28H26N2O5S. The minimum absolute atomic E-state index is 0.0165. The average Bonchev–Trinajstić information content (AvgIpc) is 2.91. The summed E-state index contributed by atoms with van der Waals surface area (Å²) in [5.41, 5.74) is 2.48. The molecular weight excluding hydrogens is 476 g/mol. The molecule has 2 amide bonds. The molecule has 184 valence electrons. The number of carbonyl (C=O) groups excluding carboxylic acids is 3. The van der Waals surface area contributed by atoms with Gasteiger partial charge < -0.3 is 20.1 Å². The lowest BCUT2D eigenvalue weighted by atomic mass is 10.0. The fourth-order valence-corrected chi connectivity index (χ4v) is 5.94. The first-order valence-corrected chi connectivity index (χ1v) is 12.7. The molecule has 3 aromatic rings. The van der Waals surface area contributed by atoms with Gasteiger partial charge in [0.1, 0.15) is 16.7 Å². The number of thioether (sulfide) groups is 1. The lowest BCUT2D eigenvalue weighted by Gasteiger charge is -2.52. The van der Waals surface area contributed by atoms with Gasteiger partial charge in [-0.1, -0.05) is 91.0 Å². The summed E-state index contributed by atoms with van der Waals surface area (Å²) in [4.78, 5) is 40.0. The summed E-state index contributed by atoms with van der Waals surface area (Å²) in [6.07, 6.45) is -1.54. The predicted octanol–water partition coefficient (Wildman–Crippen LogP) is 2.69. The quantitative estimate of drug-likeness (QED) is 0.381. The minimum atomic E-state index is -1.07. The highest BCUT2D eigenvalue weighted by atomic mass is 32.2. The van der Waals surface area contributed by atoms with Gasteiger partial charge in [-0.25, -0.2) is 0 Å². The first-order valence-electron chi connectivity index (χ1n) is 11.8. The van der Waals surface area contributed by atoms with Crippen molar-refractivity contribution in [3.63, 3.8) is 0 Å². The van der Waals surface area contributed by atoms with Crippen molar-refractivity contribution >= 4 is 29.5 Å². The Labute approximate surface area is 213 Å². The molecule has 2 fully saturated rings. The summed E-state index contributed by atoms with van der Waals surface area (Å²) in [5.74, 6) is -1.08. The van der Waals surface area contributed by atoms with Crippen LogP contribution in [0.1, 0.15) is 22.8 Å². The van der Waals surface area contributed by atoms with Crippen LogP contribution in [0, 0.1) is 0 Å². The van der Waals surface area contributed by atoms with Crippen molar-refractivity contribution < 1.29 is 24.2 Å². The second-order valence-corrected chi connectivity index (χ2v) is 10.1. The zero-order valence-electron chi connectivity index (χ0n) is 19.4. The van der Waals surface area contributed by atoms with E-state index in [9.17, 15) is 19.5 Å². The Morgan fingerprint density at radius 2 is 1.50 bits per heavy atom. The highest BCUT2D eigenvalue weighted by molar-refractivity contribution is 8.01. The molecule has 0 saturated carbocycles. The number of amides is 2. The van der Waals surface area contributed by atoms with E-state index in [0.717, 1.165) is 28.5 Å². The number of rotatable bonds is 7. The largest absolute Gasteiger partial charge is 0.452 e. The Morgan fingerprint density at radius 3 is 2.08 bits per heavy atom. The Bertz CT molecular complexity index is 1180. The van der Waals surface area contributed by atoms with Crippen LogP contribution in [0.4, 0.5) is 0 Å². The number of fused-ring (bicyclic) bond motifs is 1. The normalized spacial score (nSPS) is 22.9. The van der Waals surface area contributed by atoms with Crippen LogP contribution in [0.25, 0.3) is 0 Å². The van der Waals surface area contributed by atoms with Gasteiger partial charge in [-0.2, -0.15) is 0 Å². The molecule has 2 aliphatic rings. The van der Waals surface area contributed by atoms with Crippen molar-refractivity contribution in [3.8, 4) is 0 Å². The van der Waals surface area contributed by atoms with Gasteiger partial charge in [0.05, 0.1) is 12.5 Å². The maximum absolute atomic E-state index is 13.3. The Morgan fingerprint density at radius 1 is 0.944 bits per heavy atom. The molecule has 0 radical (unpaired) electrons. The average molecular weight is 503 g/mol. The number of nitrogens with one attached hydrogen (secondary N) is 1. The molecule has 36 heavy (non-hydrogen) atoms. The molecule has 3 aromatic carbocycles. The summed E-state index contributed by atoms with van der Waals surface area (Å²) >= 11 is 1.16. The monoisotopic (exact) mass is 502 g/mol. The molecule has 2 saturated heterocycles. The van der Waals surface area contributed by atoms with Gasteiger partial charge in [-0.3, -0.25) is 14.4 Å². The molecule has 0 spiro atoms. The molecule has 2 heterocycles. The Hall–Kier alpha value is -3.62. The van der Waals surface area contributed by atoms with Gasteiger partial charge in [0.25, 0.3) is 0 Å². The van der Waals surface area contributed by atoms with E-state index in [-0.39, 0.29) is 24.8 Å². The SMILES string of the molecule is O=C(Cc1ccccc1)N[C@@H]1C(=O)N2C[C@H](O)[C@H](C(=O)OC(c3ccccc3)c3ccccc3)S[C@@H]12. The van der Waals surface area contributed by atoms with Crippen molar-refractivity contribution in [3.05, 3.63) is 108 Å². The van der Waals surface area contributed by atoms with E-state index < -0.39 is 34.8 Å². The third-order valence-corrected chi connectivity index (χ3v) is 7.96. The molecule has 8 heteroatoms. The second kappa shape index (κ2) is 10.6. The Balaban J connectivity index is 1.27. The smallest absolute Gasteiger partial charge is 0.322 e.